The highest BCUT2D eigenvalue weighted by atomic mass is 35.5. The van der Waals surface area contributed by atoms with Crippen LogP contribution in [0.5, 0.6) is 0 Å². The van der Waals surface area contributed by atoms with Gasteiger partial charge in [-0.05, 0) is 37.0 Å². The smallest absolute Gasteiger partial charge is 0.233 e. The fourth-order valence-electron chi connectivity index (χ4n) is 1.63. The number of carbonyl (C=O) groups excluding carboxylic acids is 2. The molecule has 0 fully saturated rings. The number of aryl methyl sites for hydroxylation is 1. The Morgan fingerprint density at radius 1 is 1.25 bits per heavy atom. The van der Waals surface area contributed by atoms with Gasteiger partial charge in [0, 0.05) is 17.3 Å². The quantitative estimate of drug-likeness (QED) is 0.792. The van der Waals surface area contributed by atoms with E-state index in [0.29, 0.717) is 23.2 Å². The minimum absolute atomic E-state index is 0.177. The van der Waals surface area contributed by atoms with E-state index in [0.717, 1.165) is 12.0 Å². The summed E-state index contributed by atoms with van der Waals surface area (Å²) in [7, 11) is 0. The van der Waals surface area contributed by atoms with Crippen LogP contribution in [0.15, 0.2) is 18.2 Å². The van der Waals surface area contributed by atoms with Gasteiger partial charge in [-0.3, -0.25) is 9.59 Å². The van der Waals surface area contributed by atoms with Crippen molar-refractivity contribution < 1.29 is 9.59 Å². The highest BCUT2D eigenvalue weighted by molar-refractivity contribution is 6.31. The first-order valence-electron chi connectivity index (χ1n) is 6.71. The van der Waals surface area contributed by atoms with E-state index in [1.54, 1.807) is 12.1 Å². The minimum Gasteiger partial charge on any atom is -0.356 e. The summed E-state index contributed by atoms with van der Waals surface area (Å²) in [5.74, 6) is -0.0709. The molecule has 0 aromatic heterocycles. The van der Waals surface area contributed by atoms with E-state index in [9.17, 15) is 9.59 Å². The Balaban J connectivity index is 2.43. The molecule has 0 aliphatic carbocycles. The van der Waals surface area contributed by atoms with Crippen molar-refractivity contribution in [1.82, 2.24) is 5.32 Å². The SMILES string of the molecule is Cc1ccc(Cl)cc1NC(=O)CC(=O)NCCC(C)C. The number of amides is 2. The lowest BCUT2D eigenvalue weighted by Gasteiger charge is -2.10. The molecule has 0 spiro atoms. The molecule has 2 N–H and O–H groups in total. The van der Waals surface area contributed by atoms with Crippen LogP contribution < -0.4 is 10.6 Å². The number of rotatable bonds is 6. The van der Waals surface area contributed by atoms with Crippen molar-refractivity contribution in [2.45, 2.75) is 33.6 Å². The molecule has 0 aliphatic rings. The molecule has 0 saturated carbocycles. The number of anilines is 1. The normalized spacial score (nSPS) is 10.4. The van der Waals surface area contributed by atoms with Crippen molar-refractivity contribution in [3.05, 3.63) is 28.8 Å². The van der Waals surface area contributed by atoms with Gasteiger partial charge in [0.1, 0.15) is 6.42 Å². The third kappa shape index (κ3) is 6.06. The Kier molecular flexibility index (Phi) is 6.52. The van der Waals surface area contributed by atoms with Crippen LogP contribution in [-0.4, -0.2) is 18.4 Å². The monoisotopic (exact) mass is 296 g/mol. The van der Waals surface area contributed by atoms with E-state index in [1.165, 1.54) is 0 Å². The Morgan fingerprint density at radius 2 is 1.95 bits per heavy atom. The maximum absolute atomic E-state index is 11.8. The number of halogens is 1. The molecule has 20 heavy (non-hydrogen) atoms. The third-order valence-corrected chi connectivity index (χ3v) is 3.07. The summed E-state index contributed by atoms with van der Waals surface area (Å²) in [6.07, 6.45) is 0.727. The molecule has 0 bridgehead atoms. The maximum atomic E-state index is 11.8. The molecule has 0 saturated heterocycles. The summed E-state index contributed by atoms with van der Waals surface area (Å²) >= 11 is 5.87. The molecule has 110 valence electrons. The van der Waals surface area contributed by atoms with Crippen LogP contribution in [0.2, 0.25) is 5.02 Å². The van der Waals surface area contributed by atoms with Crippen LogP contribution in [0.3, 0.4) is 0 Å². The summed E-state index contributed by atoms with van der Waals surface area (Å²) < 4.78 is 0. The van der Waals surface area contributed by atoms with Gasteiger partial charge in [0.25, 0.3) is 0 Å². The van der Waals surface area contributed by atoms with Gasteiger partial charge < -0.3 is 10.6 Å². The Bertz CT molecular complexity index is 487. The molecule has 0 atom stereocenters. The first-order valence-corrected chi connectivity index (χ1v) is 7.09. The average Bonchev–Trinajstić information content (AvgIpc) is 2.33. The third-order valence-electron chi connectivity index (χ3n) is 2.84. The molecule has 0 unspecified atom stereocenters. The number of hydrogen-bond donors (Lipinski definition) is 2. The molecule has 2 amide bonds. The molecule has 5 heteroatoms. The molecule has 0 radical (unpaired) electrons. The summed E-state index contributed by atoms with van der Waals surface area (Å²) in [6.45, 7) is 6.64. The summed E-state index contributed by atoms with van der Waals surface area (Å²) in [4.78, 5) is 23.3. The molecular weight excluding hydrogens is 276 g/mol. The molecule has 0 aliphatic heterocycles. The average molecular weight is 297 g/mol. The van der Waals surface area contributed by atoms with E-state index in [2.05, 4.69) is 24.5 Å². The maximum Gasteiger partial charge on any atom is 0.233 e. The molecular formula is C15H21ClN2O2. The lowest BCUT2D eigenvalue weighted by Crippen LogP contribution is -2.29. The predicted octanol–water partition coefficient (Wildman–Crippen LogP) is 3.14. The van der Waals surface area contributed by atoms with Crippen molar-refractivity contribution >= 4 is 29.1 Å². The Hall–Kier alpha value is -1.55. The van der Waals surface area contributed by atoms with E-state index in [-0.39, 0.29) is 18.2 Å². The van der Waals surface area contributed by atoms with Crippen molar-refractivity contribution in [1.29, 1.82) is 0 Å². The second-order valence-electron chi connectivity index (χ2n) is 5.22. The zero-order chi connectivity index (χ0) is 15.1. The lowest BCUT2D eigenvalue weighted by molar-refractivity contribution is -0.126. The fraction of sp³-hybridized carbons (Fsp3) is 0.467. The lowest BCUT2D eigenvalue weighted by atomic mass is 10.1. The second-order valence-corrected chi connectivity index (χ2v) is 5.65. The first kappa shape index (κ1) is 16.5. The van der Waals surface area contributed by atoms with Crippen LogP contribution in [0.25, 0.3) is 0 Å². The van der Waals surface area contributed by atoms with Gasteiger partial charge in [0.05, 0.1) is 0 Å². The predicted molar refractivity (Wildman–Crippen MR) is 81.9 cm³/mol. The number of benzene rings is 1. The summed E-state index contributed by atoms with van der Waals surface area (Å²) in [5.41, 5.74) is 1.54. The first-order chi connectivity index (χ1) is 9.38. The number of carbonyl (C=O) groups is 2. The van der Waals surface area contributed by atoms with Gasteiger partial charge in [0.2, 0.25) is 11.8 Å². The Labute approximate surface area is 124 Å². The van der Waals surface area contributed by atoms with Gasteiger partial charge in [-0.1, -0.05) is 31.5 Å². The topological polar surface area (TPSA) is 58.2 Å². The zero-order valence-corrected chi connectivity index (χ0v) is 12.9. The fourth-order valence-corrected chi connectivity index (χ4v) is 1.80. The van der Waals surface area contributed by atoms with E-state index < -0.39 is 0 Å². The standard InChI is InChI=1S/C15H21ClN2O2/c1-10(2)6-7-17-14(19)9-15(20)18-13-8-12(16)5-4-11(13)3/h4-5,8,10H,6-7,9H2,1-3H3,(H,17,19)(H,18,20). The highest BCUT2D eigenvalue weighted by Gasteiger charge is 2.10. The summed E-state index contributed by atoms with van der Waals surface area (Å²) in [6, 6.07) is 5.25. The van der Waals surface area contributed by atoms with E-state index in [4.69, 9.17) is 11.6 Å². The van der Waals surface area contributed by atoms with Gasteiger partial charge >= 0.3 is 0 Å². The zero-order valence-electron chi connectivity index (χ0n) is 12.1. The molecule has 1 aromatic carbocycles. The molecule has 4 nitrogen and oxygen atoms in total. The largest absolute Gasteiger partial charge is 0.356 e. The Morgan fingerprint density at radius 3 is 2.60 bits per heavy atom. The van der Waals surface area contributed by atoms with E-state index >= 15 is 0 Å². The van der Waals surface area contributed by atoms with Gasteiger partial charge in [-0.25, -0.2) is 0 Å². The minimum atomic E-state index is -0.336. The van der Waals surface area contributed by atoms with Crippen LogP contribution >= 0.6 is 11.6 Å². The number of nitrogens with one attached hydrogen (secondary N) is 2. The van der Waals surface area contributed by atoms with E-state index in [1.807, 2.05) is 13.0 Å². The molecule has 1 aromatic rings. The summed E-state index contributed by atoms with van der Waals surface area (Å²) in [5, 5.41) is 5.98. The van der Waals surface area contributed by atoms with Crippen molar-refractivity contribution in [2.24, 2.45) is 5.92 Å². The highest BCUT2D eigenvalue weighted by Crippen LogP contribution is 2.20. The van der Waals surface area contributed by atoms with Crippen molar-refractivity contribution in [3.8, 4) is 0 Å². The van der Waals surface area contributed by atoms with Crippen LogP contribution in [0, 0.1) is 12.8 Å². The molecule has 1 rings (SSSR count). The van der Waals surface area contributed by atoms with Gasteiger partial charge in [-0.2, -0.15) is 0 Å². The van der Waals surface area contributed by atoms with Crippen LogP contribution in [0.4, 0.5) is 5.69 Å². The van der Waals surface area contributed by atoms with Crippen molar-refractivity contribution in [3.63, 3.8) is 0 Å². The van der Waals surface area contributed by atoms with Crippen LogP contribution in [0.1, 0.15) is 32.3 Å². The van der Waals surface area contributed by atoms with Gasteiger partial charge in [0.15, 0.2) is 0 Å². The van der Waals surface area contributed by atoms with Gasteiger partial charge in [-0.15, -0.1) is 0 Å². The van der Waals surface area contributed by atoms with Crippen molar-refractivity contribution in [2.75, 3.05) is 11.9 Å². The van der Waals surface area contributed by atoms with Crippen LogP contribution in [-0.2, 0) is 9.59 Å². The second kappa shape index (κ2) is 7.90. The number of hydrogen-bond acceptors (Lipinski definition) is 2. The molecule has 0 heterocycles.